The van der Waals surface area contributed by atoms with E-state index in [1.54, 1.807) is 0 Å². The molecule has 0 saturated heterocycles. The summed E-state index contributed by atoms with van der Waals surface area (Å²) in [6, 6.07) is 0. The second kappa shape index (κ2) is 2.85. The number of rotatable bonds is 0. The van der Waals surface area contributed by atoms with Gasteiger partial charge >= 0.3 is 0 Å². The topological polar surface area (TPSA) is 25.2 Å². The zero-order valence-electron chi connectivity index (χ0n) is 7.51. The molecule has 2 heteroatoms. The van der Waals surface area contributed by atoms with Crippen LogP contribution < -0.4 is 0 Å². The van der Waals surface area contributed by atoms with Crippen LogP contribution in [0.2, 0.25) is 0 Å². The first-order valence-electron chi connectivity index (χ1n) is 4.68. The largest absolute Gasteiger partial charge is 0.429 e. The van der Waals surface area contributed by atoms with Crippen molar-refractivity contribution < 1.29 is 5.21 Å². The second-order valence-electron chi connectivity index (χ2n) is 3.64. The number of hydrogen-bond donors (Lipinski definition) is 1. The highest BCUT2D eigenvalue weighted by Crippen LogP contribution is 2.23. The normalized spacial score (nSPS) is 17.1. The smallest absolute Gasteiger partial charge is 0.0601 e. The van der Waals surface area contributed by atoms with E-state index in [4.69, 9.17) is 0 Å². The van der Waals surface area contributed by atoms with E-state index in [0.717, 1.165) is 18.5 Å². The van der Waals surface area contributed by atoms with Gasteiger partial charge in [-0.3, -0.25) is 0 Å². The molecule has 0 atom stereocenters. The van der Waals surface area contributed by atoms with Crippen LogP contribution in [0.25, 0.3) is 0 Å². The van der Waals surface area contributed by atoms with Gasteiger partial charge in [-0.25, -0.2) is 0 Å². The molecule has 66 valence electrons. The second-order valence-corrected chi connectivity index (χ2v) is 3.64. The van der Waals surface area contributed by atoms with Crippen molar-refractivity contribution in [2.75, 3.05) is 0 Å². The summed E-state index contributed by atoms with van der Waals surface area (Å²) < 4.78 is 1.32. The molecule has 0 aliphatic heterocycles. The van der Waals surface area contributed by atoms with Crippen LogP contribution in [0, 0.1) is 6.92 Å². The minimum Gasteiger partial charge on any atom is -0.429 e. The van der Waals surface area contributed by atoms with Gasteiger partial charge in [-0.05, 0) is 43.7 Å². The maximum atomic E-state index is 9.52. The first-order valence-corrected chi connectivity index (χ1v) is 4.68. The van der Waals surface area contributed by atoms with Gasteiger partial charge in [0.1, 0.15) is 0 Å². The lowest BCUT2D eigenvalue weighted by Gasteiger charge is -2.00. The van der Waals surface area contributed by atoms with Crippen molar-refractivity contribution in [2.24, 2.45) is 0 Å². The van der Waals surface area contributed by atoms with Crippen LogP contribution in [0.5, 0.6) is 0 Å². The summed E-state index contributed by atoms with van der Waals surface area (Å²) in [6.07, 6.45) is 7.81. The Kier molecular flexibility index (Phi) is 1.83. The summed E-state index contributed by atoms with van der Waals surface area (Å²) in [5, 5.41) is 9.52. The van der Waals surface area contributed by atoms with Gasteiger partial charge in [0, 0.05) is 6.20 Å². The van der Waals surface area contributed by atoms with E-state index < -0.39 is 0 Å². The van der Waals surface area contributed by atoms with Crippen molar-refractivity contribution >= 4 is 0 Å². The van der Waals surface area contributed by atoms with E-state index in [0.29, 0.717) is 0 Å². The Balaban J connectivity index is 2.44. The Morgan fingerprint density at radius 2 is 2.00 bits per heavy atom. The maximum absolute atomic E-state index is 9.52. The zero-order chi connectivity index (χ0) is 8.55. The Bertz CT molecular complexity index is 262. The molecule has 1 N–H and O–H groups in total. The third-order valence-corrected chi connectivity index (χ3v) is 2.76. The van der Waals surface area contributed by atoms with Crippen LogP contribution in [0.15, 0.2) is 6.20 Å². The van der Waals surface area contributed by atoms with Gasteiger partial charge in [0.2, 0.25) is 0 Å². The molecule has 0 bridgehead atoms. The highest BCUT2D eigenvalue weighted by atomic mass is 16.5. The van der Waals surface area contributed by atoms with Crippen molar-refractivity contribution in [3.63, 3.8) is 0 Å². The SMILES string of the molecule is Cc1cn(O)c2c1CCCCC2. The molecule has 1 aromatic rings. The van der Waals surface area contributed by atoms with Crippen LogP contribution in [0.1, 0.15) is 36.1 Å². The summed E-state index contributed by atoms with van der Waals surface area (Å²) in [7, 11) is 0. The minimum atomic E-state index is 1.04. The van der Waals surface area contributed by atoms with Gasteiger partial charge in [-0.1, -0.05) is 6.42 Å². The zero-order valence-corrected chi connectivity index (χ0v) is 7.51. The molecule has 1 aromatic heterocycles. The molecule has 0 spiro atoms. The molecular weight excluding hydrogens is 150 g/mol. The van der Waals surface area contributed by atoms with Crippen LogP contribution in [-0.2, 0) is 12.8 Å². The van der Waals surface area contributed by atoms with Crippen molar-refractivity contribution in [1.29, 1.82) is 0 Å². The number of fused-ring (bicyclic) bond motifs is 1. The molecule has 2 rings (SSSR count). The molecule has 2 nitrogen and oxygen atoms in total. The average Bonchev–Trinajstić information content (AvgIpc) is 2.29. The predicted molar refractivity (Wildman–Crippen MR) is 47.6 cm³/mol. The lowest BCUT2D eigenvalue weighted by Crippen LogP contribution is -1.97. The van der Waals surface area contributed by atoms with Crippen LogP contribution in [0.4, 0.5) is 0 Å². The van der Waals surface area contributed by atoms with Gasteiger partial charge in [-0.2, -0.15) is 4.73 Å². The monoisotopic (exact) mass is 165 g/mol. The molecule has 1 aliphatic carbocycles. The molecule has 12 heavy (non-hydrogen) atoms. The number of aromatic nitrogens is 1. The van der Waals surface area contributed by atoms with E-state index in [1.165, 1.54) is 35.1 Å². The fourth-order valence-electron chi connectivity index (χ4n) is 2.08. The highest BCUT2D eigenvalue weighted by molar-refractivity contribution is 5.31. The van der Waals surface area contributed by atoms with Crippen LogP contribution in [0.3, 0.4) is 0 Å². The Labute approximate surface area is 72.8 Å². The van der Waals surface area contributed by atoms with E-state index in [1.807, 2.05) is 6.20 Å². The average molecular weight is 165 g/mol. The Morgan fingerprint density at radius 1 is 1.25 bits per heavy atom. The first kappa shape index (κ1) is 7.71. The van der Waals surface area contributed by atoms with Gasteiger partial charge in [0.05, 0.1) is 5.69 Å². The molecule has 1 heterocycles. The molecule has 0 fully saturated rings. The molecule has 0 unspecified atom stereocenters. The maximum Gasteiger partial charge on any atom is 0.0601 e. The highest BCUT2D eigenvalue weighted by Gasteiger charge is 2.14. The molecule has 0 saturated carbocycles. The third-order valence-electron chi connectivity index (χ3n) is 2.76. The lowest BCUT2D eigenvalue weighted by atomic mass is 10.1. The van der Waals surface area contributed by atoms with Gasteiger partial charge in [0.25, 0.3) is 0 Å². The Morgan fingerprint density at radius 3 is 2.83 bits per heavy atom. The summed E-state index contributed by atoms with van der Waals surface area (Å²) in [5.74, 6) is 0. The van der Waals surface area contributed by atoms with Crippen molar-refractivity contribution in [3.8, 4) is 0 Å². The quantitative estimate of drug-likeness (QED) is 0.463. The third kappa shape index (κ3) is 1.11. The Hall–Kier alpha value is -0.920. The summed E-state index contributed by atoms with van der Waals surface area (Å²) in [6.45, 7) is 2.08. The van der Waals surface area contributed by atoms with E-state index in [9.17, 15) is 5.21 Å². The van der Waals surface area contributed by atoms with E-state index in [-0.39, 0.29) is 0 Å². The molecule has 0 aromatic carbocycles. The fourth-order valence-corrected chi connectivity index (χ4v) is 2.08. The molecule has 1 aliphatic rings. The number of nitrogens with zero attached hydrogens (tertiary/aromatic N) is 1. The number of aryl methyl sites for hydroxylation is 1. The van der Waals surface area contributed by atoms with E-state index in [2.05, 4.69) is 6.92 Å². The summed E-state index contributed by atoms with van der Waals surface area (Å²) in [5.41, 5.74) is 3.77. The minimum absolute atomic E-state index is 1.04. The van der Waals surface area contributed by atoms with Gasteiger partial charge < -0.3 is 5.21 Å². The van der Waals surface area contributed by atoms with Gasteiger partial charge in [-0.15, -0.1) is 0 Å². The molecular formula is C10H15NO. The summed E-state index contributed by atoms with van der Waals surface area (Å²) >= 11 is 0. The summed E-state index contributed by atoms with van der Waals surface area (Å²) in [4.78, 5) is 0. The standard InChI is InChI=1S/C10H15NO/c1-8-7-11(12)10-6-4-2-3-5-9(8)10/h7,12H,2-6H2,1H3. The van der Waals surface area contributed by atoms with Crippen LogP contribution in [-0.4, -0.2) is 9.94 Å². The van der Waals surface area contributed by atoms with Gasteiger partial charge in [0.15, 0.2) is 0 Å². The van der Waals surface area contributed by atoms with E-state index >= 15 is 0 Å². The predicted octanol–water partition coefficient (Wildman–Crippen LogP) is 2.30. The first-order chi connectivity index (χ1) is 5.79. The van der Waals surface area contributed by atoms with Crippen molar-refractivity contribution in [3.05, 3.63) is 23.0 Å². The fraction of sp³-hybridized carbons (Fsp3) is 0.600. The van der Waals surface area contributed by atoms with Crippen molar-refractivity contribution in [1.82, 2.24) is 4.73 Å². The molecule has 0 amide bonds. The number of hydrogen-bond acceptors (Lipinski definition) is 1. The molecule has 0 radical (unpaired) electrons. The van der Waals surface area contributed by atoms with Crippen molar-refractivity contribution in [2.45, 2.75) is 39.0 Å². The lowest BCUT2D eigenvalue weighted by molar-refractivity contribution is 0.177. The van der Waals surface area contributed by atoms with Crippen LogP contribution >= 0.6 is 0 Å².